The maximum Gasteiger partial charge on any atom is 0.150 e. The van der Waals surface area contributed by atoms with E-state index in [0.29, 0.717) is 16.7 Å². The number of halogens is 1. The van der Waals surface area contributed by atoms with Crippen molar-refractivity contribution in [2.24, 2.45) is 0 Å². The molecule has 0 aliphatic rings. The first-order valence-corrected chi connectivity index (χ1v) is 11.7. The number of benzene rings is 4. The van der Waals surface area contributed by atoms with E-state index in [-0.39, 0.29) is 10.6 Å². The Balaban J connectivity index is 2.04. The molecular formula is C27H25FO2S. The molecule has 4 rings (SSSR count). The average Bonchev–Trinajstić information content (AvgIpc) is 2.77. The van der Waals surface area contributed by atoms with Gasteiger partial charge in [-0.2, -0.15) is 0 Å². The molecule has 0 N–H and O–H groups in total. The predicted molar refractivity (Wildman–Crippen MR) is 127 cm³/mol. The maximum absolute atomic E-state index is 13.9. The van der Waals surface area contributed by atoms with E-state index >= 15 is 0 Å². The summed E-state index contributed by atoms with van der Waals surface area (Å²) < 4.78 is 20.7. The van der Waals surface area contributed by atoms with E-state index in [1.165, 1.54) is 12.1 Å². The van der Waals surface area contributed by atoms with E-state index in [4.69, 9.17) is 4.18 Å². The Bertz CT molecular complexity index is 1180. The molecule has 2 nitrogen and oxygen atoms in total. The van der Waals surface area contributed by atoms with Gasteiger partial charge in [-0.1, -0.05) is 36.4 Å². The second-order valence-electron chi connectivity index (χ2n) is 8.38. The minimum absolute atomic E-state index is 0.279. The summed E-state index contributed by atoms with van der Waals surface area (Å²) in [7, 11) is -2.06. The first-order valence-electron chi connectivity index (χ1n) is 10.2. The van der Waals surface area contributed by atoms with Gasteiger partial charge in [0.2, 0.25) is 0 Å². The van der Waals surface area contributed by atoms with E-state index in [9.17, 15) is 9.18 Å². The Hall–Kier alpha value is -3.11. The summed E-state index contributed by atoms with van der Waals surface area (Å²) >= 11 is 0. The zero-order chi connectivity index (χ0) is 22.1. The normalized spacial score (nSPS) is 12.5. The van der Waals surface area contributed by atoms with Gasteiger partial charge in [-0.3, -0.25) is 4.79 Å². The van der Waals surface area contributed by atoms with E-state index in [2.05, 4.69) is 45.0 Å². The number of rotatable bonds is 5. The Morgan fingerprint density at radius 2 is 1.39 bits per heavy atom. The largest absolute Gasteiger partial charge is 0.439 e. The van der Waals surface area contributed by atoms with Gasteiger partial charge in [0.05, 0.1) is 0 Å². The minimum Gasteiger partial charge on any atom is -0.439 e. The van der Waals surface area contributed by atoms with Crippen molar-refractivity contribution in [3.63, 3.8) is 0 Å². The van der Waals surface area contributed by atoms with Crippen LogP contribution in [0.4, 0.5) is 4.39 Å². The lowest BCUT2D eigenvalue weighted by atomic mass is 10.1. The molecule has 0 spiro atoms. The van der Waals surface area contributed by atoms with Crippen molar-refractivity contribution in [2.75, 3.05) is 0 Å². The molecule has 0 aliphatic carbocycles. The van der Waals surface area contributed by atoms with Crippen molar-refractivity contribution in [2.45, 2.75) is 35.3 Å². The number of fused-ring (bicyclic) bond motifs is 1. The molecular weight excluding hydrogens is 407 g/mol. The molecule has 0 aromatic heterocycles. The highest BCUT2D eigenvalue weighted by atomic mass is 32.3. The van der Waals surface area contributed by atoms with Crippen LogP contribution in [0.3, 0.4) is 0 Å². The highest BCUT2D eigenvalue weighted by molar-refractivity contribution is 8.31. The van der Waals surface area contributed by atoms with Crippen LogP contribution in [0.2, 0.25) is 0 Å². The van der Waals surface area contributed by atoms with Crippen molar-refractivity contribution < 1.29 is 13.4 Å². The molecule has 4 heteroatoms. The van der Waals surface area contributed by atoms with Crippen LogP contribution < -0.4 is 4.18 Å². The van der Waals surface area contributed by atoms with Crippen LogP contribution in [0.15, 0.2) is 101 Å². The molecule has 0 saturated heterocycles. The van der Waals surface area contributed by atoms with Gasteiger partial charge in [-0.05, 0) is 91.1 Å². The third kappa shape index (κ3) is 3.84. The monoisotopic (exact) mass is 432 g/mol. The zero-order valence-electron chi connectivity index (χ0n) is 17.8. The van der Waals surface area contributed by atoms with Gasteiger partial charge in [-0.25, -0.2) is 4.39 Å². The van der Waals surface area contributed by atoms with Crippen molar-refractivity contribution >= 4 is 27.4 Å². The Labute approximate surface area is 184 Å². The molecule has 0 saturated carbocycles. The van der Waals surface area contributed by atoms with Gasteiger partial charge in [0.15, 0.2) is 0 Å². The van der Waals surface area contributed by atoms with Crippen LogP contribution in [0.5, 0.6) is 5.75 Å². The molecule has 158 valence electrons. The smallest absolute Gasteiger partial charge is 0.150 e. The molecule has 0 bridgehead atoms. The third-order valence-electron chi connectivity index (χ3n) is 5.26. The lowest BCUT2D eigenvalue weighted by Crippen LogP contribution is -2.30. The fourth-order valence-electron chi connectivity index (χ4n) is 3.89. The second kappa shape index (κ2) is 8.20. The van der Waals surface area contributed by atoms with Crippen LogP contribution in [0.25, 0.3) is 10.8 Å². The van der Waals surface area contributed by atoms with Gasteiger partial charge in [0.1, 0.15) is 17.9 Å². The summed E-state index contributed by atoms with van der Waals surface area (Å²) in [6, 6.07) is 28.5. The summed E-state index contributed by atoms with van der Waals surface area (Å²) in [6.07, 6.45) is 0.774. The number of hydrogen-bond donors (Lipinski definition) is 0. The minimum atomic E-state index is -2.06. The summed E-state index contributed by atoms with van der Waals surface area (Å²) in [4.78, 5) is 13.8. The molecule has 4 aromatic rings. The lowest BCUT2D eigenvalue weighted by Gasteiger charge is -2.50. The summed E-state index contributed by atoms with van der Waals surface area (Å²) in [5.41, 5.74) is 0.455. The number of hydrogen-bond acceptors (Lipinski definition) is 2. The fourth-order valence-corrected chi connectivity index (χ4v) is 7.50. The van der Waals surface area contributed by atoms with E-state index in [0.717, 1.165) is 21.5 Å². The first kappa shape index (κ1) is 21.1. The molecule has 0 aliphatic heterocycles. The Morgan fingerprint density at radius 1 is 0.806 bits per heavy atom. The molecule has 31 heavy (non-hydrogen) atoms. The SMILES string of the molecule is CC(C)(C)S(Oc1cc(C=O)cc2cc(F)ccc12)(c1ccccc1)c1ccccc1. The van der Waals surface area contributed by atoms with Gasteiger partial charge in [-0.15, -0.1) is 0 Å². The summed E-state index contributed by atoms with van der Waals surface area (Å²) in [5.74, 6) is 0.235. The second-order valence-corrected chi connectivity index (χ2v) is 11.8. The highest BCUT2D eigenvalue weighted by Crippen LogP contribution is 2.70. The molecule has 0 fully saturated rings. The van der Waals surface area contributed by atoms with Crippen molar-refractivity contribution in [1.82, 2.24) is 0 Å². The quantitative estimate of drug-likeness (QED) is 0.301. The van der Waals surface area contributed by atoms with E-state index in [1.807, 2.05) is 36.4 Å². The molecule has 0 atom stereocenters. The average molecular weight is 433 g/mol. The van der Waals surface area contributed by atoms with Crippen molar-refractivity contribution in [1.29, 1.82) is 0 Å². The van der Waals surface area contributed by atoms with Crippen LogP contribution >= 0.6 is 10.3 Å². The molecule has 0 amide bonds. The van der Waals surface area contributed by atoms with Gasteiger partial charge in [0, 0.05) is 25.5 Å². The van der Waals surface area contributed by atoms with Gasteiger partial charge in [0.25, 0.3) is 0 Å². The number of carbonyl (C=O) groups is 1. The Kier molecular flexibility index (Phi) is 5.59. The zero-order valence-corrected chi connectivity index (χ0v) is 18.7. The number of aldehydes is 1. The van der Waals surface area contributed by atoms with Crippen LogP contribution in [0.1, 0.15) is 31.1 Å². The van der Waals surface area contributed by atoms with Crippen molar-refractivity contribution in [3.8, 4) is 5.75 Å². The standard InChI is InChI=1S/C27H25FO2S/c1-27(2,3)31(23-10-6-4-7-11-23,24-12-8-5-9-13-24)30-26-17-20(19-29)16-21-18-22(28)14-15-25(21)26/h4-19H,1-3H3. The molecule has 0 radical (unpaired) electrons. The summed E-state index contributed by atoms with van der Waals surface area (Å²) in [6.45, 7) is 6.52. The highest BCUT2D eigenvalue weighted by Gasteiger charge is 2.43. The third-order valence-corrected chi connectivity index (χ3v) is 9.29. The number of carbonyl (C=O) groups excluding carboxylic acids is 1. The molecule has 0 unspecified atom stereocenters. The lowest BCUT2D eigenvalue weighted by molar-refractivity contribution is 0.112. The first-order chi connectivity index (χ1) is 14.8. The van der Waals surface area contributed by atoms with E-state index < -0.39 is 10.3 Å². The fraction of sp³-hybridized carbons (Fsp3) is 0.148. The van der Waals surface area contributed by atoms with Crippen LogP contribution in [-0.4, -0.2) is 11.0 Å². The van der Waals surface area contributed by atoms with Gasteiger partial charge < -0.3 is 4.18 Å². The van der Waals surface area contributed by atoms with Crippen LogP contribution in [0, 0.1) is 5.82 Å². The van der Waals surface area contributed by atoms with Crippen LogP contribution in [-0.2, 0) is 0 Å². The molecule has 4 aromatic carbocycles. The van der Waals surface area contributed by atoms with Crippen molar-refractivity contribution in [3.05, 3.63) is 102 Å². The van der Waals surface area contributed by atoms with Gasteiger partial charge >= 0.3 is 0 Å². The Morgan fingerprint density at radius 3 is 1.90 bits per heavy atom. The summed E-state index contributed by atoms with van der Waals surface area (Å²) in [5, 5.41) is 1.42. The topological polar surface area (TPSA) is 26.3 Å². The maximum atomic E-state index is 13.9. The predicted octanol–water partition coefficient (Wildman–Crippen LogP) is 7.81. The molecule has 0 heterocycles. The van der Waals surface area contributed by atoms with E-state index in [1.54, 1.807) is 18.2 Å².